The molecule has 7 heteroatoms. The van der Waals surface area contributed by atoms with Crippen LogP contribution in [0.4, 0.5) is 0 Å². The second kappa shape index (κ2) is 4.87. The van der Waals surface area contributed by atoms with Gasteiger partial charge in [-0.2, -0.15) is 0 Å². The molecule has 0 bridgehead atoms. The Kier molecular flexibility index (Phi) is 3.54. The lowest BCUT2D eigenvalue weighted by Gasteiger charge is -2.01. The SMILES string of the molecule is NC(=O)c1ccc(OC(=O)CC(=O)O)nc1. The number of hydrogen-bond donors (Lipinski definition) is 2. The molecular formula is C9H8N2O5. The fourth-order valence-electron chi connectivity index (χ4n) is 0.863. The lowest BCUT2D eigenvalue weighted by atomic mass is 10.3. The van der Waals surface area contributed by atoms with Crippen LogP contribution in [0.2, 0.25) is 0 Å². The van der Waals surface area contributed by atoms with Gasteiger partial charge in [0.15, 0.2) is 0 Å². The van der Waals surface area contributed by atoms with Crippen LogP contribution in [0.5, 0.6) is 5.88 Å². The highest BCUT2D eigenvalue weighted by Gasteiger charge is 2.11. The highest BCUT2D eigenvalue weighted by molar-refractivity contribution is 5.93. The molecule has 1 amide bonds. The first-order chi connectivity index (χ1) is 7.49. The van der Waals surface area contributed by atoms with Gasteiger partial charge in [0.2, 0.25) is 11.8 Å². The standard InChI is InChI=1S/C9H8N2O5/c10-9(15)5-1-2-6(11-4-5)16-8(14)3-7(12)13/h1-2,4H,3H2,(H2,10,15)(H,12,13). The van der Waals surface area contributed by atoms with Gasteiger partial charge in [0.25, 0.3) is 0 Å². The van der Waals surface area contributed by atoms with Gasteiger partial charge in [-0.3, -0.25) is 14.4 Å². The normalized spacial score (nSPS) is 9.50. The zero-order valence-electron chi connectivity index (χ0n) is 8.04. The lowest BCUT2D eigenvalue weighted by Crippen LogP contribution is -2.15. The maximum absolute atomic E-state index is 10.9. The molecule has 0 spiro atoms. The Morgan fingerprint density at radius 3 is 2.50 bits per heavy atom. The average molecular weight is 224 g/mol. The Morgan fingerprint density at radius 2 is 2.06 bits per heavy atom. The zero-order chi connectivity index (χ0) is 12.1. The van der Waals surface area contributed by atoms with Crippen LogP contribution in [-0.2, 0) is 9.59 Å². The molecule has 1 rings (SSSR count). The number of amides is 1. The molecular weight excluding hydrogens is 216 g/mol. The van der Waals surface area contributed by atoms with Gasteiger partial charge in [0, 0.05) is 12.3 Å². The van der Waals surface area contributed by atoms with E-state index < -0.39 is 24.3 Å². The molecule has 0 saturated carbocycles. The second-order valence-corrected chi connectivity index (χ2v) is 2.79. The Bertz CT molecular complexity index is 426. The third kappa shape index (κ3) is 3.37. The Labute approximate surface area is 89.8 Å². The molecule has 1 heterocycles. The van der Waals surface area contributed by atoms with E-state index in [0.29, 0.717) is 0 Å². The summed E-state index contributed by atoms with van der Waals surface area (Å²) in [6, 6.07) is 2.57. The predicted molar refractivity (Wildman–Crippen MR) is 50.6 cm³/mol. The predicted octanol–water partition coefficient (Wildman–Crippen LogP) is -0.439. The third-order valence-corrected chi connectivity index (χ3v) is 1.53. The van der Waals surface area contributed by atoms with E-state index in [0.717, 1.165) is 6.20 Å². The lowest BCUT2D eigenvalue weighted by molar-refractivity contribution is -0.145. The number of pyridine rings is 1. The maximum Gasteiger partial charge on any atom is 0.323 e. The molecule has 0 unspecified atom stereocenters. The summed E-state index contributed by atoms with van der Waals surface area (Å²) in [6.45, 7) is 0. The van der Waals surface area contributed by atoms with E-state index in [4.69, 9.17) is 10.8 Å². The van der Waals surface area contributed by atoms with E-state index >= 15 is 0 Å². The van der Waals surface area contributed by atoms with Gasteiger partial charge in [-0.1, -0.05) is 0 Å². The second-order valence-electron chi connectivity index (χ2n) is 2.79. The molecule has 0 radical (unpaired) electrons. The number of hydrogen-bond acceptors (Lipinski definition) is 5. The van der Waals surface area contributed by atoms with Gasteiger partial charge in [0.05, 0.1) is 5.56 Å². The highest BCUT2D eigenvalue weighted by Crippen LogP contribution is 2.07. The molecule has 0 aromatic carbocycles. The van der Waals surface area contributed by atoms with Crippen LogP contribution < -0.4 is 10.5 Å². The van der Waals surface area contributed by atoms with Gasteiger partial charge in [0.1, 0.15) is 6.42 Å². The number of primary amides is 1. The number of ether oxygens (including phenoxy) is 1. The van der Waals surface area contributed by atoms with E-state index in [2.05, 4.69) is 9.72 Å². The number of carbonyl (C=O) groups is 3. The minimum atomic E-state index is -1.29. The molecule has 0 aliphatic heterocycles. The van der Waals surface area contributed by atoms with Crippen LogP contribution in [0.1, 0.15) is 16.8 Å². The van der Waals surface area contributed by atoms with E-state index in [9.17, 15) is 14.4 Å². The molecule has 16 heavy (non-hydrogen) atoms. The van der Waals surface area contributed by atoms with Crippen LogP contribution in [-0.4, -0.2) is 27.9 Å². The van der Waals surface area contributed by atoms with Crippen LogP contribution >= 0.6 is 0 Å². The van der Waals surface area contributed by atoms with E-state index in [1.807, 2.05) is 0 Å². The van der Waals surface area contributed by atoms with Crippen molar-refractivity contribution < 1.29 is 24.2 Å². The van der Waals surface area contributed by atoms with Crippen molar-refractivity contribution in [2.75, 3.05) is 0 Å². The summed E-state index contributed by atoms with van der Waals surface area (Å²) < 4.78 is 4.58. The quantitative estimate of drug-likeness (QED) is 0.528. The topological polar surface area (TPSA) is 120 Å². The van der Waals surface area contributed by atoms with Crippen molar-refractivity contribution in [2.45, 2.75) is 6.42 Å². The summed E-state index contributed by atoms with van der Waals surface area (Å²) in [5.41, 5.74) is 5.13. The first-order valence-corrected chi connectivity index (χ1v) is 4.17. The number of carboxylic acid groups (broad SMARTS) is 1. The van der Waals surface area contributed by atoms with Crippen molar-refractivity contribution in [3.8, 4) is 5.88 Å². The number of aliphatic carboxylic acids is 1. The highest BCUT2D eigenvalue weighted by atomic mass is 16.5. The van der Waals surface area contributed by atoms with E-state index in [-0.39, 0.29) is 11.4 Å². The monoisotopic (exact) mass is 224 g/mol. The molecule has 1 aromatic heterocycles. The Balaban J connectivity index is 2.65. The van der Waals surface area contributed by atoms with Gasteiger partial charge in [-0.15, -0.1) is 0 Å². The van der Waals surface area contributed by atoms with Crippen molar-refractivity contribution in [3.05, 3.63) is 23.9 Å². The smallest absolute Gasteiger partial charge is 0.323 e. The first-order valence-electron chi connectivity index (χ1n) is 4.17. The zero-order valence-corrected chi connectivity index (χ0v) is 8.04. The Morgan fingerprint density at radius 1 is 1.38 bits per heavy atom. The summed E-state index contributed by atoms with van der Waals surface area (Å²) >= 11 is 0. The molecule has 3 N–H and O–H groups in total. The van der Waals surface area contributed by atoms with Gasteiger partial charge in [-0.05, 0) is 6.07 Å². The first kappa shape index (κ1) is 11.6. The molecule has 7 nitrogen and oxygen atoms in total. The number of carbonyl (C=O) groups excluding carboxylic acids is 2. The van der Waals surface area contributed by atoms with Crippen molar-refractivity contribution in [1.82, 2.24) is 4.98 Å². The third-order valence-electron chi connectivity index (χ3n) is 1.53. The molecule has 0 fully saturated rings. The van der Waals surface area contributed by atoms with Crippen LogP contribution in [0.25, 0.3) is 0 Å². The average Bonchev–Trinajstić information content (AvgIpc) is 2.16. The number of nitrogens with two attached hydrogens (primary N) is 1. The van der Waals surface area contributed by atoms with Crippen LogP contribution in [0.3, 0.4) is 0 Å². The number of rotatable bonds is 4. The summed E-state index contributed by atoms with van der Waals surface area (Å²) in [6.07, 6.45) is 0.380. The molecule has 0 aliphatic rings. The minimum Gasteiger partial charge on any atom is -0.481 e. The fourth-order valence-corrected chi connectivity index (χ4v) is 0.863. The van der Waals surface area contributed by atoms with E-state index in [1.54, 1.807) is 0 Å². The largest absolute Gasteiger partial charge is 0.481 e. The van der Waals surface area contributed by atoms with Crippen molar-refractivity contribution in [1.29, 1.82) is 0 Å². The fraction of sp³-hybridized carbons (Fsp3) is 0.111. The maximum atomic E-state index is 10.9. The number of aromatic nitrogens is 1. The summed E-state index contributed by atoms with van der Waals surface area (Å²) in [4.78, 5) is 35.4. The summed E-state index contributed by atoms with van der Waals surface area (Å²) in [5, 5.41) is 8.30. The van der Waals surface area contributed by atoms with Crippen molar-refractivity contribution >= 4 is 17.8 Å². The minimum absolute atomic E-state index is 0.0868. The molecule has 0 aliphatic carbocycles. The number of nitrogens with zero attached hydrogens (tertiary/aromatic N) is 1. The molecule has 84 valence electrons. The molecule has 1 aromatic rings. The molecule has 0 saturated heterocycles. The Hall–Kier alpha value is -2.44. The van der Waals surface area contributed by atoms with Crippen LogP contribution in [0, 0.1) is 0 Å². The van der Waals surface area contributed by atoms with E-state index in [1.165, 1.54) is 12.1 Å². The van der Waals surface area contributed by atoms with Gasteiger partial charge >= 0.3 is 11.9 Å². The van der Waals surface area contributed by atoms with Gasteiger partial charge in [-0.25, -0.2) is 4.98 Å². The number of esters is 1. The molecule has 0 atom stereocenters. The van der Waals surface area contributed by atoms with Gasteiger partial charge < -0.3 is 15.6 Å². The van der Waals surface area contributed by atoms with Crippen LogP contribution in [0.15, 0.2) is 18.3 Å². The summed E-state index contributed by atoms with van der Waals surface area (Å²) in [7, 11) is 0. The number of carboxylic acids is 1. The summed E-state index contributed by atoms with van der Waals surface area (Å²) in [5.74, 6) is -2.97. The van der Waals surface area contributed by atoms with Crippen molar-refractivity contribution in [3.63, 3.8) is 0 Å². The van der Waals surface area contributed by atoms with Crippen molar-refractivity contribution in [2.24, 2.45) is 5.73 Å².